The first-order valence-corrected chi connectivity index (χ1v) is 12.4. The Morgan fingerprint density at radius 1 is 1.10 bits per heavy atom. The molecule has 0 aromatic heterocycles. The standard InChI is InChI=1S/C22H30N2O4S2/c1-13(2)18-12-19(14(3)10-21(18)28-6)15(4)24-30(26,27)17-8-9-22(29-7)20(11-17)23-16(5)25/h8-13,15,24H,1-7H3,(H,23,25)/t15-/m0/s1. The van der Waals surface area contributed by atoms with Gasteiger partial charge in [-0.2, -0.15) is 0 Å². The zero-order valence-electron chi connectivity index (χ0n) is 18.5. The quantitative estimate of drug-likeness (QED) is 0.562. The molecule has 0 bridgehead atoms. The van der Waals surface area contributed by atoms with Crippen molar-refractivity contribution in [2.45, 2.75) is 56.4 Å². The molecule has 0 aliphatic heterocycles. The average Bonchev–Trinajstić information content (AvgIpc) is 2.66. The van der Waals surface area contributed by atoms with Crippen LogP contribution in [0.4, 0.5) is 5.69 Å². The minimum absolute atomic E-state index is 0.103. The number of hydrogen-bond acceptors (Lipinski definition) is 5. The highest BCUT2D eigenvalue weighted by atomic mass is 32.2. The van der Waals surface area contributed by atoms with Gasteiger partial charge in [0.2, 0.25) is 15.9 Å². The molecule has 0 spiro atoms. The number of ether oxygens (including phenoxy) is 1. The van der Waals surface area contributed by atoms with E-state index in [1.165, 1.54) is 24.8 Å². The minimum Gasteiger partial charge on any atom is -0.496 e. The molecule has 0 unspecified atom stereocenters. The zero-order chi connectivity index (χ0) is 22.6. The second kappa shape index (κ2) is 9.85. The van der Waals surface area contributed by atoms with Gasteiger partial charge in [-0.1, -0.05) is 13.8 Å². The first-order chi connectivity index (χ1) is 14.0. The van der Waals surface area contributed by atoms with Gasteiger partial charge in [0.25, 0.3) is 0 Å². The molecule has 2 aromatic carbocycles. The lowest BCUT2D eigenvalue weighted by Crippen LogP contribution is -2.27. The number of carbonyl (C=O) groups is 1. The maximum Gasteiger partial charge on any atom is 0.241 e. The molecule has 2 rings (SSSR count). The number of amides is 1. The summed E-state index contributed by atoms with van der Waals surface area (Å²) in [6.07, 6.45) is 1.87. The van der Waals surface area contributed by atoms with E-state index < -0.39 is 16.1 Å². The van der Waals surface area contributed by atoms with Crippen LogP contribution >= 0.6 is 11.8 Å². The van der Waals surface area contributed by atoms with Crippen molar-refractivity contribution in [3.05, 3.63) is 47.0 Å². The predicted octanol–water partition coefficient (Wildman–Crippen LogP) is 4.85. The molecule has 0 heterocycles. The lowest BCUT2D eigenvalue weighted by Gasteiger charge is -2.21. The van der Waals surface area contributed by atoms with Crippen LogP contribution in [0.3, 0.4) is 0 Å². The third-order valence-corrected chi connectivity index (χ3v) is 7.16. The number of aryl methyl sites for hydroxylation is 1. The predicted molar refractivity (Wildman–Crippen MR) is 123 cm³/mol. The summed E-state index contributed by atoms with van der Waals surface area (Å²) in [6, 6.07) is 8.24. The van der Waals surface area contributed by atoms with Crippen LogP contribution in [0.15, 0.2) is 40.1 Å². The Morgan fingerprint density at radius 3 is 2.30 bits per heavy atom. The fourth-order valence-electron chi connectivity index (χ4n) is 3.32. The van der Waals surface area contributed by atoms with Crippen molar-refractivity contribution < 1.29 is 17.9 Å². The van der Waals surface area contributed by atoms with E-state index in [2.05, 4.69) is 23.9 Å². The molecule has 0 saturated heterocycles. The van der Waals surface area contributed by atoms with Crippen molar-refractivity contribution in [1.29, 1.82) is 0 Å². The first kappa shape index (κ1) is 24.2. The summed E-state index contributed by atoms with van der Waals surface area (Å²) in [4.78, 5) is 12.4. The van der Waals surface area contributed by atoms with Crippen LogP contribution in [0.2, 0.25) is 0 Å². The molecule has 8 heteroatoms. The van der Waals surface area contributed by atoms with Gasteiger partial charge in [-0.15, -0.1) is 11.8 Å². The van der Waals surface area contributed by atoms with Crippen LogP contribution < -0.4 is 14.8 Å². The van der Waals surface area contributed by atoms with E-state index in [-0.39, 0.29) is 16.7 Å². The highest BCUT2D eigenvalue weighted by Gasteiger charge is 2.22. The Bertz CT molecular complexity index is 1030. The normalized spacial score (nSPS) is 12.7. The fourth-order valence-corrected chi connectivity index (χ4v) is 5.10. The highest BCUT2D eigenvalue weighted by Crippen LogP contribution is 2.33. The molecular weight excluding hydrogens is 420 g/mol. The third-order valence-electron chi connectivity index (χ3n) is 4.83. The topological polar surface area (TPSA) is 84.5 Å². The average molecular weight is 451 g/mol. The van der Waals surface area contributed by atoms with Crippen molar-refractivity contribution in [2.75, 3.05) is 18.7 Å². The van der Waals surface area contributed by atoms with Crippen molar-refractivity contribution >= 4 is 33.4 Å². The lowest BCUT2D eigenvalue weighted by atomic mass is 9.94. The summed E-state index contributed by atoms with van der Waals surface area (Å²) in [6.45, 7) is 9.30. The number of sulfonamides is 1. The van der Waals surface area contributed by atoms with Crippen LogP contribution in [-0.2, 0) is 14.8 Å². The first-order valence-electron chi connectivity index (χ1n) is 9.66. The molecule has 0 aliphatic carbocycles. The molecule has 0 fully saturated rings. The van der Waals surface area contributed by atoms with Gasteiger partial charge >= 0.3 is 0 Å². The second-order valence-electron chi connectivity index (χ2n) is 7.49. The van der Waals surface area contributed by atoms with Crippen molar-refractivity contribution in [3.63, 3.8) is 0 Å². The van der Waals surface area contributed by atoms with E-state index in [1.807, 2.05) is 32.2 Å². The van der Waals surface area contributed by atoms with Crippen LogP contribution in [-0.4, -0.2) is 27.7 Å². The highest BCUT2D eigenvalue weighted by molar-refractivity contribution is 7.98. The van der Waals surface area contributed by atoms with Crippen LogP contribution in [0.1, 0.15) is 56.3 Å². The molecule has 0 aliphatic rings. The molecule has 0 radical (unpaired) electrons. The number of anilines is 1. The van der Waals surface area contributed by atoms with Crippen LogP contribution in [0.5, 0.6) is 5.75 Å². The number of carbonyl (C=O) groups excluding carboxylic acids is 1. The van der Waals surface area contributed by atoms with Crippen LogP contribution in [0, 0.1) is 6.92 Å². The number of hydrogen-bond donors (Lipinski definition) is 2. The van der Waals surface area contributed by atoms with Gasteiger partial charge in [0.05, 0.1) is 17.7 Å². The minimum atomic E-state index is -3.80. The third kappa shape index (κ3) is 5.56. The number of thioether (sulfide) groups is 1. The SMILES string of the molecule is COc1cc(C)c([C@H](C)NS(=O)(=O)c2ccc(SC)c(NC(C)=O)c2)cc1C(C)C. The fraction of sp³-hybridized carbons (Fsp3) is 0.409. The number of benzene rings is 2. The molecule has 1 atom stereocenters. The Morgan fingerprint density at radius 2 is 1.77 bits per heavy atom. The molecule has 30 heavy (non-hydrogen) atoms. The maximum absolute atomic E-state index is 13.1. The summed E-state index contributed by atoms with van der Waals surface area (Å²) in [5.41, 5.74) is 3.35. The van der Waals surface area contributed by atoms with Crippen LogP contribution in [0.25, 0.3) is 0 Å². The molecule has 164 valence electrons. The molecular formula is C22H30N2O4S2. The van der Waals surface area contributed by atoms with E-state index >= 15 is 0 Å². The molecule has 6 nitrogen and oxygen atoms in total. The second-order valence-corrected chi connectivity index (χ2v) is 10.1. The zero-order valence-corrected chi connectivity index (χ0v) is 20.1. The van der Waals surface area contributed by atoms with Crippen molar-refractivity contribution in [1.82, 2.24) is 4.72 Å². The maximum atomic E-state index is 13.1. The van der Waals surface area contributed by atoms with Gasteiger partial charge in [-0.25, -0.2) is 13.1 Å². The van der Waals surface area contributed by atoms with E-state index in [9.17, 15) is 13.2 Å². The largest absolute Gasteiger partial charge is 0.496 e. The monoisotopic (exact) mass is 450 g/mol. The van der Waals surface area contributed by atoms with E-state index in [0.29, 0.717) is 5.69 Å². The number of rotatable bonds is 8. The number of methoxy groups -OCH3 is 1. The molecule has 2 N–H and O–H groups in total. The summed E-state index contributed by atoms with van der Waals surface area (Å²) in [5.74, 6) is 0.785. The smallest absolute Gasteiger partial charge is 0.241 e. The summed E-state index contributed by atoms with van der Waals surface area (Å²) in [7, 11) is -2.16. The Hall–Kier alpha value is -2.03. The Balaban J connectivity index is 2.40. The van der Waals surface area contributed by atoms with Gasteiger partial charge in [-0.3, -0.25) is 4.79 Å². The molecule has 0 saturated carbocycles. The lowest BCUT2D eigenvalue weighted by molar-refractivity contribution is -0.114. The van der Waals surface area contributed by atoms with E-state index in [4.69, 9.17) is 4.74 Å². The Labute approximate surface area is 183 Å². The summed E-state index contributed by atoms with van der Waals surface area (Å²) >= 11 is 1.44. The van der Waals surface area contributed by atoms with Crippen molar-refractivity contribution in [2.24, 2.45) is 0 Å². The van der Waals surface area contributed by atoms with Gasteiger partial charge < -0.3 is 10.1 Å². The summed E-state index contributed by atoms with van der Waals surface area (Å²) < 4.78 is 34.4. The number of nitrogens with one attached hydrogen (secondary N) is 2. The van der Waals surface area contributed by atoms with Crippen molar-refractivity contribution in [3.8, 4) is 5.75 Å². The van der Waals surface area contributed by atoms with Gasteiger partial charge in [0, 0.05) is 17.9 Å². The van der Waals surface area contributed by atoms with Gasteiger partial charge in [-0.05, 0) is 73.0 Å². The van der Waals surface area contributed by atoms with E-state index in [0.717, 1.165) is 27.3 Å². The van der Waals surface area contributed by atoms with E-state index in [1.54, 1.807) is 19.2 Å². The van der Waals surface area contributed by atoms with Gasteiger partial charge in [0.15, 0.2) is 0 Å². The molecule has 1 amide bonds. The van der Waals surface area contributed by atoms with Gasteiger partial charge in [0.1, 0.15) is 5.75 Å². The Kier molecular flexibility index (Phi) is 7.96. The molecule has 2 aromatic rings. The summed E-state index contributed by atoms with van der Waals surface area (Å²) in [5, 5.41) is 2.70.